The minimum Gasteiger partial charge on any atom is -0.385 e. The Labute approximate surface area is 125 Å². The van der Waals surface area contributed by atoms with Crippen LogP contribution in [0.2, 0.25) is 5.15 Å². The number of halogens is 1. The highest BCUT2D eigenvalue weighted by atomic mass is 35.5. The maximum atomic E-state index is 11.1. The van der Waals surface area contributed by atoms with E-state index < -0.39 is 5.60 Å². The molecule has 1 aromatic heterocycles. The van der Waals surface area contributed by atoms with Gasteiger partial charge >= 0.3 is 0 Å². The van der Waals surface area contributed by atoms with Crippen molar-refractivity contribution in [1.29, 1.82) is 0 Å². The van der Waals surface area contributed by atoms with Gasteiger partial charge in [0.1, 0.15) is 5.15 Å². The molecule has 108 valence electrons. The predicted octanol–water partition coefficient (Wildman–Crippen LogP) is 3.61. The van der Waals surface area contributed by atoms with Crippen molar-refractivity contribution in [1.82, 2.24) is 9.78 Å². The van der Waals surface area contributed by atoms with E-state index >= 15 is 0 Å². The summed E-state index contributed by atoms with van der Waals surface area (Å²) in [6.07, 6.45) is 2.09. The average Bonchev–Trinajstić information content (AvgIpc) is 2.67. The lowest BCUT2D eigenvalue weighted by Gasteiger charge is -2.28. The number of nitrogens with zero attached hydrogens (tertiary/aromatic N) is 2. The van der Waals surface area contributed by atoms with Gasteiger partial charge in [0.05, 0.1) is 11.3 Å². The van der Waals surface area contributed by atoms with E-state index in [1.54, 1.807) is 4.68 Å². The Kier molecular flexibility index (Phi) is 4.51. The summed E-state index contributed by atoms with van der Waals surface area (Å²) in [7, 11) is 1.82. The molecule has 1 atom stereocenters. The molecule has 0 spiro atoms. The van der Waals surface area contributed by atoms with Crippen molar-refractivity contribution in [2.24, 2.45) is 7.05 Å². The lowest BCUT2D eigenvalue weighted by molar-refractivity contribution is 0.0267. The second-order valence-electron chi connectivity index (χ2n) is 5.30. The van der Waals surface area contributed by atoms with E-state index in [1.807, 2.05) is 44.3 Å². The van der Waals surface area contributed by atoms with Crippen molar-refractivity contribution in [2.75, 3.05) is 0 Å². The third kappa shape index (κ3) is 2.89. The standard InChI is InChI=1S/C16H21ClN2O/c1-4-10-16(20,13-8-6-5-7-9-13)11-14-12(2)18-19(3)15(14)17/h5-9,20H,4,10-11H2,1-3H3. The fourth-order valence-corrected chi connectivity index (χ4v) is 2.91. The first-order valence-electron chi connectivity index (χ1n) is 6.94. The van der Waals surface area contributed by atoms with Gasteiger partial charge in [-0.05, 0) is 18.9 Å². The Morgan fingerprint density at radius 3 is 2.45 bits per heavy atom. The van der Waals surface area contributed by atoms with Crippen molar-refractivity contribution < 1.29 is 5.11 Å². The van der Waals surface area contributed by atoms with Crippen LogP contribution in [0.15, 0.2) is 30.3 Å². The monoisotopic (exact) mass is 292 g/mol. The van der Waals surface area contributed by atoms with E-state index in [4.69, 9.17) is 11.6 Å². The summed E-state index contributed by atoms with van der Waals surface area (Å²) in [5.74, 6) is 0. The Hall–Kier alpha value is -1.32. The van der Waals surface area contributed by atoms with Crippen molar-refractivity contribution >= 4 is 11.6 Å². The molecule has 3 nitrogen and oxygen atoms in total. The molecule has 1 aromatic carbocycles. The quantitative estimate of drug-likeness (QED) is 0.914. The summed E-state index contributed by atoms with van der Waals surface area (Å²) in [5.41, 5.74) is 1.84. The van der Waals surface area contributed by atoms with Crippen molar-refractivity contribution in [3.05, 3.63) is 52.3 Å². The maximum absolute atomic E-state index is 11.1. The first-order chi connectivity index (χ1) is 9.48. The Balaban J connectivity index is 2.39. The highest BCUT2D eigenvalue weighted by Gasteiger charge is 2.31. The normalized spacial score (nSPS) is 14.2. The minimum atomic E-state index is -0.895. The van der Waals surface area contributed by atoms with Crippen LogP contribution in [0.4, 0.5) is 0 Å². The lowest BCUT2D eigenvalue weighted by atomic mass is 9.84. The van der Waals surface area contributed by atoms with Gasteiger partial charge in [-0.1, -0.05) is 55.3 Å². The number of aromatic nitrogens is 2. The number of aryl methyl sites for hydroxylation is 2. The van der Waals surface area contributed by atoms with Crippen LogP contribution < -0.4 is 0 Å². The van der Waals surface area contributed by atoms with E-state index in [0.717, 1.165) is 23.2 Å². The molecule has 0 amide bonds. The molecule has 0 fully saturated rings. The average molecular weight is 293 g/mol. The summed E-state index contributed by atoms with van der Waals surface area (Å²) >= 11 is 6.30. The Morgan fingerprint density at radius 2 is 1.95 bits per heavy atom. The molecule has 0 aliphatic carbocycles. The lowest BCUT2D eigenvalue weighted by Crippen LogP contribution is -2.28. The highest BCUT2D eigenvalue weighted by molar-refractivity contribution is 6.30. The molecule has 0 radical (unpaired) electrons. The molecule has 2 aromatic rings. The van der Waals surface area contributed by atoms with Gasteiger partial charge < -0.3 is 5.11 Å². The summed E-state index contributed by atoms with van der Waals surface area (Å²) in [4.78, 5) is 0. The molecule has 0 saturated carbocycles. The highest BCUT2D eigenvalue weighted by Crippen LogP contribution is 2.33. The SMILES string of the molecule is CCCC(O)(Cc1c(C)nn(C)c1Cl)c1ccccc1. The molecule has 1 unspecified atom stereocenters. The van der Waals surface area contributed by atoms with Crippen LogP contribution in [0, 0.1) is 6.92 Å². The van der Waals surface area contributed by atoms with Crippen LogP contribution in [-0.2, 0) is 19.1 Å². The molecule has 0 saturated heterocycles. The van der Waals surface area contributed by atoms with Gasteiger partial charge in [-0.3, -0.25) is 4.68 Å². The van der Waals surface area contributed by atoms with Gasteiger partial charge in [-0.25, -0.2) is 0 Å². The Morgan fingerprint density at radius 1 is 1.30 bits per heavy atom. The van der Waals surface area contributed by atoms with Gasteiger partial charge in [0, 0.05) is 19.0 Å². The molecular weight excluding hydrogens is 272 g/mol. The second kappa shape index (κ2) is 5.98. The third-order valence-electron chi connectivity index (χ3n) is 3.71. The van der Waals surface area contributed by atoms with Gasteiger partial charge in [0.15, 0.2) is 0 Å². The number of rotatable bonds is 5. The van der Waals surface area contributed by atoms with Crippen LogP contribution in [0.25, 0.3) is 0 Å². The minimum absolute atomic E-state index is 0.489. The fourth-order valence-electron chi connectivity index (χ4n) is 2.66. The summed E-state index contributed by atoms with van der Waals surface area (Å²) in [6.45, 7) is 4.00. The molecular formula is C16H21ClN2O. The molecule has 0 aliphatic rings. The van der Waals surface area contributed by atoms with Crippen molar-refractivity contribution in [3.63, 3.8) is 0 Å². The Bertz CT molecular complexity index is 580. The largest absolute Gasteiger partial charge is 0.385 e. The first kappa shape index (κ1) is 15.1. The van der Waals surface area contributed by atoms with E-state index in [1.165, 1.54) is 0 Å². The van der Waals surface area contributed by atoms with E-state index in [0.29, 0.717) is 18.0 Å². The molecule has 0 aliphatic heterocycles. The van der Waals surface area contributed by atoms with Crippen LogP contribution >= 0.6 is 11.6 Å². The van der Waals surface area contributed by atoms with Crippen LogP contribution in [-0.4, -0.2) is 14.9 Å². The first-order valence-corrected chi connectivity index (χ1v) is 7.31. The number of hydrogen-bond donors (Lipinski definition) is 1. The van der Waals surface area contributed by atoms with Gasteiger partial charge in [0.25, 0.3) is 0 Å². The summed E-state index contributed by atoms with van der Waals surface area (Å²) in [6, 6.07) is 9.80. The molecule has 1 heterocycles. The van der Waals surface area contributed by atoms with Crippen LogP contribution in [0.5, 0.6) is 0 Å². The van der Waals surface area contributed by atoms with Gasteiger partial charge in [0.2, 0.25) is 0 Å². The second-order valence-corrected chi connectivity index (χ2v) is 5.66. The van der Waals surface area contributed by atoms with E-state index in [-0.39, 0.29) is 0 Å². The zero-order chi connectivity index (χ0) is 14.8. The smallest absolute Gasteiger partial charge is 0.130 e. The zero-order valence-corrected chi connectivity index (χ0v) is 13.0. The molecule has 2 rings (SSSR count). The topological polar surface area (TPSA) is 38.1 Å². The maximum Gasteiger partial charge on any atom is 0.130 e. The number of benzene rings is 1. The fraction of sp³-hybridized carbons (Fsp3) is 0.438. The molecule has 0 bridgehead atoms. The molecule has 4 heteroatoms. The van der Waals surface area contributed by atoms with Gasteiger partial charge in [-0.15, -0.1) is 0 Å². The number of hydrogen-bond acceptors (Lipinski definition) is 2. The number of aliphatic hydroxyl groups is 1. The van der Waals surface area contributed by atoms with Crippen molar-refractivity contribution in [2.45, 2.75) is 38.7 Å². The molecule has 20 heavy (non-hydrogen) atoms. The van der Waals surface area contributed by atoms with E-state index in [9.17, 15) is 5.11 Å². The van der Waals surface area contributed by atoms with Crippen molar-refractivity contribution in [3.8, 4) is 0 Å². The molecule has 1 N–H and O–H groups in total. The predicted molar refractivity (Wildman–Crippen MR) is 81.9 cm³/mol. The third-order valence-corrected chi connectivity index (χ3v) is 4.19. The zero-order valence-electron chi connectivity index (χ0n) is 12.2. The van der Waals surface area contributed by atoms with E-state index in [2.05, 4.69) is 12.0 Å². The van der Waals surface area contributed by atoms with Crippen LogP contribution in [0.1, 0.15) is 36.6 Å². The summed E-state index contributed by atoms with van der Waals surface area (Å²) in [5, 5.41) is 16.0. The van der Waals surface area contributed by atoms with Gasteiger partial charge in [-0.2, -0.15) is 5.10 Å². The summed E-state index contributed by atoms with van der Waals surface area (Å²) < 4.78 is 1.66. The van der Waals surface area contributed by atoms with Crippen LogP contribution in [0.3, 0.4) is 0 Å².